The van der Waals surface area contributed by atoms with Crippen LogP contribution in [0.15, 0.2) is 6.07 Å². The van der Waals surface area contributed by atoms with Gasteiger partial charge in [0.1, 0.15) is 5.69 Å². The van der Waals surface area contributed by atoms with Crippen LogP contribution in [0, 0.1) is 5.92 Å². The Morgan fingerprint density at radius 3 is 2.57 bits per heavy atom. The zero-order valence-corrected chi connectivity index (χ0v) is 14.8. The zero-order chi connectivity index (χ0) is 17.5. The summed E-state index contributed by atoms with van der Waals surface area (Å²) in [5.74, 6) is -0.127. The predicted molar refractivity (Wildman–Crippen MR) is 90.4 cm³/mol. The van der Waals surface area contributed by atoms with Crippen LogP contribution in [0.3, 0.4) is 0 Å². The van der Waals surface area contributed by atoms with Crippen LogP contribution < -0.4 is 5.32 Å². The van der Waals surface area contributed by atoms with Crippen molar-refractivity contribution in [1.82, 2.24) is 15.1 Å². The monoisotopic (exact) mass is 325 g/mol. The van der Waals surface area contributed by atoms with Gasteiger partial charge in [-0.15, -0.1) is 0 Å². The zero-order valence-electron chi connectivity index (χ0n) is 14.8. The van der Waals surface area contributed by atoms with Crippen molar-refractivity contribution in [2.75, 3.05) is 19.8 Å². The summed E-state index contributed by atoms with van der Waals surface area (Å²) in [5, 5.41) is 25.4. The van der Waals surface area contributed by atoms with E-state index in [1.807, 2.05) is 13.0 Å². The molecule has 0 aliphatic heterocycles. The fraction of sp³-hybridized carbons (Fsp3) is 0.765. The normalized spacial score (nSPS) is 13.1. The molecule has 1 aromatic rings. The molecule has 0 fully saturated rings. The van der Waals surface area contributed by atoms with Gasteiger partial charge in [0.2, 0.25) is 0 Å². The molecule has 0 aliphatic rings. The summed E-state index contributed by atoms with van der Waals surface area (Å²) in [5.41, 5.74) is 1.33. The highest BCUT2D eigenvalue weighted by atomic mass is 16.3. The lowest BCUT2D eigenvalue weighted by molar-refractivity contribution is 0.0931. The molecule has 6 nitrogen and oxygen atoms in total. The maximum Gasteiger partial charge on any atom is 0.269 e. The number of aryl methyl sites for hydroxylation is 1. The van der Waals surface area contributed by atoms with Gasteiger partial charge in [0.25, 0.3) is 5.91 Å². The van der Waals surface area contributed by atoms with Gasteiger partial charge in [0.05, 0.1) is 5.69 Å². The minimum absolute atomic E-state index is 0.0296. The number of nitrogens with one attached hydrogen (secondary N) is 1. The van der Waals surface area contributed by atoms with Gasteiger partial charge in [-0.25, -0.2) is 0 Å². The fourth-order valence-electron chi connectivity index (χ4n) is 2.11. The fourth-order valence-corrected chi connectivity index (χ4v) is 2.11. The molecule has 3 N–H and O–H groups in total. The van der Waals surface area contributed by atoms with Crippen molar-refractivity contribution in [3.05, 3.63) is 17.5 Å². The first-order valence-electron chi connectivity index (χ1n) is 8.37. The van der Waals surface area contributed by atoms with E-state index < -0.39 is 0 Å². The second kappa shape index (κ2) is 9.03. The average molecular weight is 325 g/mol. The first-order chi connectivity index (χ1) is 10.8. The minimum Gasteiger partial charge on any atom is -0.396 e. The molecule has 0 bridgehead atoms. The van der Waals surface area contributed by atoms with Crippen LogP contribution in [-0.4, -0.2) is 45.7 Å². The lowest BCUT2D eigenvalue weighted by atomic mass is 9.92. The average Bonchev–Trinajstić information content (AvgIpc) is 2.93. The highest BCUT2D eigenvalue weighted by molar-refractivity contribution is 5.92. The molecule has 1 unspecified atom stereocenters. The number of rotatable bonds is 9. The van der Waals surface area contributed by atoms with Gasteiger partial charge in [-0.05, 0) is 31.2 Å². The third kappa shape index (κ3) is 6.31. The molecule has 0 saturated carbocycles. The molecule has 0 aromatic carbocycles. The number of amides is 1. The van der Waals surface area contributed by atoms with Gasteiger partial charge in [0, 0.05) is 31.7 Å². The molecule has 1 aromatic heterocycles. The molecular weight excluding hydrogens is 294 g/mol. The summed E-state index contributed by atoms with van der Waals surface area (Å²) in [4.78, 5) is 12.4. The van der Waals surface area contributed by atoms with E-state index in [4.69, 9.17) is 10.2 Å². The Kier molecular flexibility index (Phi) is 7.72. The topological polar surface area (TPSA) is 87.4 Å². The maximum absolute atomic E-state index is 12.4. The number of hydrogen-bond donors (Lipinski definition) is 3. The van der Waals surface area contributed by atoms with E-state index in [0.29, 0.717) is 18.8 Å². The van der Waals surface area contributed by atoms with Crippen LogP contribution in [-0.2, 0) is 12.0 Å². The molecule has 0 aliphatic carbocycles. The van der Waals surface area contributed by atoms with Crippen LogP contribution in [0.1, 0.15) is 63.1 Å². The van der Waals surface area contributed by atoms with Crippen molar-refractivity contribution in [3.8, 4) is 0 Å². The van der Waals surface area contributed by atoms with E-state index >= 15 is 0 Å². The number of hydrogen-bond acceptors (Lipinski definition) is 4. The molecule has 0 radical (unpaired) electrons. The molecule has 0 spiro atoms. The highest BCUT2D eigenvalue weighted by Crippen LogP contribution is 2.22. The third-order valence-electron chi connectivity index (χ3n) is 3.73. The summed E-state index contributed by atoms with van der Waals surface area (Å²) >= 11 is 0. The molecule has 1 amide bonds. The maximum atomic E-state index is 12.4. The second-order valence-electron chi connectivity index (χ2n) is 7.17. The lowest BCUT2D eigenvalue weighted by Crippen LogP contribution is -2.31. The molecule has 0 saturated heterocycles. The first-order valence-corrected chi connectivity index (χ1v) is 8.37. The van der Waals surface area contributed by atoms with Crippen LogP contribution in [0.25, 0.3) is 0 Å². The Morgan fingerprint density at radius 2 is 2.00 bits per heavy atom. The van der Waals surface area contributed by atoms with Crippen molar-refractivity contribution >= 4 is 5.91 Å². The van der Waals surface area contributed by atoms with Crippen molar-refractivity contribution in [2.45, 2.75) is 58.9 Å². The Labute approximate surface area is 138 Å². The SMILES string of the molecule is CC(CO)CNC(=O)c1cc(C(C)(C)C)nn1CCCCCO. The van der Waals surface area contributed by atoms with Crippen molar-refractivity contribution in [1.29, 1.82) is 0 Å². The molecule has 1 heterocycles. The predicted octanol–water partition coefficient (Wildman–Crippen LogP) is 1.70. The van der Waals surface area contributed by atoms with Crippen LogP contribution in [0.2, 0.25) is 0 Å². The number of unbranched alkanes of at least 4 members (excludes halogenated alkanes) is 2. The van der Waals surface area contributed by atoms with E-state index in [0.717, 1.165) is 25.0 Å². The Hall–Kier alpha value is -1.40. The molecule has 1 rings (SSSR count). The van der Waals surface area contributed by atoms with Crippen molar-refractivity contribution in [3.63, 3.8) is 0 Å². The van der Waals surface area contributed by atoms with Gasteiger partial charge < -0.3 is 15.5 Å². The van der Waals surface area contributed by atoms with Gasteiger partial charge in [-0.3, -0.25) is 9.48 Å². The summed E-state index contributed by atoms with van der Waals surface area (Å²) in [6, 6.07) is 1.85. The van der Waals surface area contributed by atoms with Gasteiger partial charge in [-0.2, -0.15) is 5.10 Å². The molecular formula is C17H31N3O3. The number of aromatic nitrogens is 2. The van der Waals surface area contributed by atoms with Crippen LogP contribution >= 0.6 is 0 Å². The van der Waals surface area contributed by atoms with Crippen LogP contribution in [0.4, 0.5) is 0 Å². The number of aliphatic hydroxyl groups excluding tert-OH is 2. The summed E-state index contributed by atoms with van der Waals surface area (Å²) < 4.78 is 1.76. The van der Waals surface area contributed by atoms with E-state index in [1.54, 1.807) is 4.68 Å². The standard InChI is InChI=1S/C17H31N3O3/c1-13(12-22)11-18-16(23)14-10-15(17(2,3)4)19-20(14)8-6-5-7-9-21/h10,13,21-22H,5-9,11-12H2,1-4H3,(H,18,23). The molecule has 23 heavy (non-hydrogen) atoms. The lowest BCUT2D eigenvalue weighted by Gasteiger charge is -2.14. The molecule has 132 valence electrons. The van der Waals surface area contributed by atoms with E-state index in [9.17, 15) is 4.79 Å². The van der Waals surface area contributed by atoms with Crippen molar-refractivity contribution < 1.29 is 15.0 Å². The number of aliphatic hydroxyl groups is 2. The number of carbonyl (C=O) groups excluding carboxylic acids is 1. The summed E-state index contributed by atoms with van der Waals surface area (Å²) in [6.07, 6.45) is 2.55. The minimum atomic E-state index is -0.157. The van der Waals surface area contributed by atoms with Crippen molar-refractivity contribution in [2.24, 2.45) is 5.92 Å². The Balaban J connectivity index is 2.84. The van der Waals surface area contributed by atoms with Crippen LogP contribution in [0.5, 0.6) is 0 Å². The van der Waals surface area contributed by atoms with E-state index in [-0.39, 0.29) is 30.5 Å². The summed E-state index contributed by atoms with van der Waals surface area (Å²) in [7, 11) is 0. The Morgan fingerprint density at radius 1 is 1.30 bits per heavy atom. The quantitative estimate of drug-likeness (QED) is 0.603. The number of nitrogens with zero attached hydrogens (tertiary/aromatic N) is 2. The van der Waals surface area contributed by atoms with Gasteiger partial charge in [-0.1, -0.05) is 27.7 Å². The summed E-state index contributed by atoms with van der Waals surface area (Å²) in [6.45, 7) is 9.44. The number of carbonyl (C=O) groups is 1. The molecule has 1 atom stereocenters. The van der Waals surface area contributed by atoms with Gasteiger partial charge in [0.15, 0.2) is 0 Å². The smallest absolute Gasteiger partial charge is 0.269 e. The van der Waals surface area contributed by atoms with E-state index in [1.165, 1.54) is 0 Å². The second-order valence-corrected chi connectivity index (χ2v) is 7.17. The highest BCUT2D eigenvalue weighted by Gasteiger charge is 2.22. The van der Waals surface area contributed by atoms with E-state index in [2.05, 4.69) is 31.2 Å². The third-order valence-corrected chi connectivity index (χ3v) is 3.73. The Bertz CT molecular complexity index is 492. The first kappa shape index (κ1) is 19.6. The van der Waals surface area contributed by atoms with Gasteiger partial charge >= 0.3 is 0 Å². The largest absolute Gasteiger partial charge is 0.396 e. The molecule has 6 heteroatoms.